The van der Waals surface area contributed by atoms with E-state index >= 15 is 0 Å². The molecule has 0 bridgehead atoms. The van der Waals surface area contributed by atoms with E-state index in [1.54, 1.807) is 36.4 Å². The van der Waals surface area contributed by atoms with Gasteiger partial charge in [0.1, 0.15) is 11.8 Å². The number of para-hydroxylation sites is 1. The van der Waals surface area contributed by atoms with Crippen LogP contribution in [0.5, 0.6) is 5.75 Å². The average Bonchev–Trinajstić information content (AvgIpc) is 3.41. The number of carbonyl (C=O) groups is 6. The summed E-state index contributed by atoms with van der Waals surface area (Å²) in [5.41, 5.74) is 1.10. The molecule has 5 amide bonds. The van der Waals surface area contributed by atoms with Crippen LogP contribution in [0.15, 0.2) is 54.6 Å². The third-order valence-electron chi connectivity index (χ3n) is 9.44. The Morgan fingerprint density at radius 3 is 2.39 bits per heavy atom. The molecule has 12 heteroatoms. The summed E-state index contributed by atoms with van der Waals surface area (Å²) in [6, 6.07) is 13.5. The number of ether oxygens (including phenoxy) is 1. The van der Waals surface area contributed by atoms with E-state index in [9.17, 15) is 28.8 Å². The van der Waals surface area contributed by atoms with Crippen LogP contribution in [-0.4, -0.2) is 78.0 Å². The number of Topliss-reactive ketones (excluding diaryl/α,β-unsaturated/α-hetero) is 1. The minimum absolute atomic E-state index is 0.0196. The molecule has 2 heterocycles. The van der Waals surface area contributed by atoms with Gasteiger partial charge in [0, 0.05) is 36.3 Å². The number of rotatable bonds is 12. The lowest BCUT2D eigenvalue weighted by Gasteiger charge is -2.29. The third-order valence-corrected chi connectivity index (χ3v) is 9.44. The second kappa shape index (κ2) is 13.7. The van der Waals surface area contributed by atoms with Crippen LogP contribution in [0.4, 0.5) is 5.69 Å². The topological polar surface area (TPSA) is 163 Å². The molecule has 12 nitrogen and oxygen atoms in total. The largest absolute Gasteiger partial charge is 0.484 e. The van der Waals surface area contributed by atoms with Gasteiger partial charge >= 0.3 is 0 Å². The molecule has 2 saturated heterocycles. The van der Waals surface area contributed by atoms with Gasteiger partial charge in [0.25, 0.3) is 17.7 Å². The molecule has 6 rings (SSSR count). The molecule has 46 heavy (non-hydrogen) atoms. The van der Waals surface area contributed by atoms with Crippen molar-refractivity contribution in [1.29, 1.82) is 0 Å². The molecule has 242 valence electrons. The molecule has 2 saturated carbocycles. The van der Waals surface area contributed by atoms with E-state index in [0.717, 1.165) is 32.1 Å². The second-order valence-corrected chi connectivity index (χ2v) is 12.7. The number of anilines is 1. The highest BCUT2D eigenvalue weighted by molar-refractivity contribution is 6.38. The van der Waals surface area contributed by atoms with Crippen molar-refractivity contribution in [3.05, 3.63) is 60.2 Å². The Morgan fingerprint density at radius 1 is 0.935 bits per heavy atom. The Morgan fingerprint density at radius 2 is 1.70 bits per heavy atom. The first kappa shape index (κ1) is 31.3. The Kier molecular flexibility index (Phi) is 9.32. The summed E-state index contributed by atoms with van der Waals surface area (Å²) in [6.45, 7) is 0.563. The molecular formula is C34H39N5O7. The van der Waals surface area contributed by atoms with Crippen LogP contribution in [0.25, 0.3) is 0 Å². The van der Waals surface area contributed by atoms with Crippen molar-refractivity contribution in [2.24, 2.45) is 17.8 Å². The first-order valence-corrected chi connectivity index (χ1v) is 16.1. The maximum atomic E-state index is 13.9. The fourth-order valence-corrected chi connectivity index (χ4v) is 6.84. The summed E-state index contributed by atoms with van der Waals surface area (Å²) in [5.74, 6) is -2.90. The molecule has 0 aromatic heterocycles. The van der Waals surface area contributed by atoms with Gasteiger partial charge in [-0.2, -0.15) is 0 Å². The van der Waals surface area contributed by atoms with Gasteiger partial charge in [-0.3, -0.25) is 28.8 Å². The summed E-state index contributed by atoms with van der Waals surface area (Å²) in [5, 5.41) is 11.0. The third kappa shape index (κ3) is 7.21. The van der Waals surface area contributed by atoms with E-state index < -0.39 is 35.6 Å². The molecule has 2 aliphatic heterocycles. The fraction of sp³-hybridized carbons (Fsp3) is 0.471. The molecule has 5 atom stereocenters. The van der Waals surface area contributed by atoms with E-state index in [4.69, 9.17) is 4.74 Å². The number of ketones is 1. The van der Waals surface area contributed by atoms with Gasteiger partial charge < -0.3 is 30.9 Å². The highest BCUT2D eigenvalue weighted by Crippen LogP contribution is 2.42. The van der Waals surface area contributed by atoms with Crippen molar-refractivity contribution in [3.63, 3.8) is 0 Å². The van der Waals surface area contributed by atoms with Gasteiger partial charge in [-0.25, -0.2) is 0 Å². The number of fused-ring (bicyclic) bond motifs is 1. The molecule has 0 radical (unpaired) electrons. The summed E-state index contributed by atoms with van der Waals surface area (Å²) in [7, 11) is 0. The van der Waals surface area contributed by atoms with Crippen LogP contribution in [0, 0.1) is 17.8 Å². The summed E-state index contributed by atoms with van der Waals surface area (Å²) in [4.78, 5) is 79.7. The highest BCUT2D eigenvalue weighted by atomic mass is 16.5. The second-order valence-electron chi connectivity index (χ2n) is 12.7. The lowest BCUT2D eigenvalue weighted by molar-refractivity contribution is -0.143. The Labute approximate surface area is 267 Å². The van der Waals surface area contributed by atoms with Gasteiger partial charge in [0.2, 0.25) is 17.6 Å². The molecule has 4 fully saturated rings. The first-order chi connectivity index (χ1) is 22.3. The average molecular weight is 630 g/mol. The quantitative estimate of drug-likeness (QED) is 0.260. The minimum atomic E-state index is -1.17. The van der Waals surface area contributed by atoms with Crippen LogP contribution in [-0.2, 0) is 24.0 Å². The first-order valence-electron chi connectivity index (χ1n) is 16.1. The fourth-order valence-electron chi connectivity index (χ4n) is 6.84. The number of amides is 5. The van der Waals surface area contributed by atoms with Crippen molar-refractivity contribution in [2.75, 3.05) is 25.0 Å². The van der Waals surface area contributed by atoms with Crippen LogP contribution >= 0.6 is 0 Å². The SMILES string of the molecule is O=C(NC1CC1)C(=O)[C@H](C[C@@H]1CCNC1=O)NC(=O)[C@@H]1[C@H]2CCC[C@H]2CN1C(=O)COc1ccc(C(=O)Nc2ccccc2)cc1. The maximum absolute atomic E-state index is 13.9. The normalized spacial score (nSPS) is 24.0. The van der Waals surface area contributed by atoms with Crippen LogP contribution in [0.3, 0.4) is 0 Å². The molecule has 2 aromatic carbocycles. The van der Waals surface area contributed by atoms with Crippen molar-refractivity contribution >= 4 is 41.0 Å². The predicted octanol–water partition coefficient (Wildman–Crippen LogP) is 1.80. The minimum Gasteiger partial charge on any atom is -0.484 e. The lowest BCUT2D eigenvalue weighted by Crippen LogP contribution is -2.55. The standard InChI is InChI=1S/C34H39N5O7/c40-28(19-46-25-13-9-20(10-14-25)32(43)36-23-6-2-1-3-7-23)39-18-22-5-4-8-26(22)29(39)33(44)38-27(17-21-15-16-35-31(21)42)30(41)34(45)37-24-11-12-24/h1-3,6-7,9-10,13-14,21-22,24,26-27,29H,4-5,8,11-12,15-19H2,(H,35,42)(H,36,43)(H,37,45)(H,38,44)/t21-,22-,26-,27-,29-/m0/s1. The monoisotopic (exact) mass is 629 g/mol. The van der Waals surface area contributed by atoms with Crippen molar-refractivity contribution in [3.8, 4) is 5.75 Å². The molecule has 0 spiro atoms. The van der Waals surface area contributed by atoms with E-state index in [-0.39, 0.29) is 48.6 Å². The number of benzene rings is 2. The molecule has 2 aliphatic carbocycles. The lowest BCUT2D eigenvalue weighted by atomic mass is 9.91. The van der Waals surface area contributed by atoms with Crippen LogP contribution in [0.1, 0.15) is 55.3 Å². The zero-order valence-corrected chi connectivity index (χ0v) is 25.5. The van der Waals surface area contributed by atoms with E-state index in [1.807, 2.05) is 18.2 Å². The summed E-state index contributed by atoms with van der Waals surface area (Å²) in [6.07, 6.45) is 4.74. The van der Waals surface area contributed by atoms with E-state index in [1.165, 1.54) is 4.90 Å². The summed E-state index contributed by atoms with van der Waals surface area (Å²) >= 11 is 0. The highest BCUT2D eigenvalue weighted by Gasteiger charge is 2.50. The van der Waals surface area contributed by atoms with Crippen molar-refractivity contribution in [1.82, 2.24) is 20.9 Å². The van der Waals surface area contributed by atoms with Crippen molar-refractivity contribution < 1.29 is 33.5 Å². The van der Waals surface area contributed by atoms with Gasteiger partial charge in [0.15, 0.2) is 6.61 Å². The maximum Gasteiger partial charge on any atom is 0.289 e. The molecule has 0 unspecified atom stereocenters. The number of carbonyl (C=O) groups excluding carboxylic acids is 6. The number of nitrogens with one attached hydrogen (secondary N) is 4. The number of nitrogens with zero attached hydrogens (tertiary/aromatic N) is 1. The molecule has 4 aliphatic rings. The zero-order valence-electron chi connectivity index (χ0n) is 25.5. The van der Waals surface area contributed by atoms with Crippen molar-refractivity contribution in [2.45, 2.75) is 63.1 Å². The van der Waals surface area contributed by atoms with Gasteiger partial charge in [0.05, 0.1) is 6.04 Å². The number of hydrogen-bond acceptors (Lipinski definition) is 7. The Bertz CT molecular complexity index is 1490. The van der Waals surface area contributed by atoms with E-state index in [0.29, 0.717) is 36.5 Å². The van der Waals surface area contributed by atoms with Gasteiger partial charge in [-0.05, 0) is 86.8 Å². The predicted molar refractivity (Wildman–Crippen MR) is 167 cm³/mol. The van der Waals surface area contributed by atoms with Crippen LogP contribution < -0.4 is 26.0 Å². The molecule has 2 aromatic rings. The smallest absolute Gasteiger partial charge is 0.289 e. The Hall–Kier alpha value is -4.74. The van der Waals surface area contributed by atoms with Crippen LogP contribution in [0.2, 0.25) is 0 Å². The number of likely N-dealkylation sites (tertiary alicyclic amines) is 1. The van der Waals surface area contributed by atoms with E-state index in [2.05, 4.69) is 21.3 Å². The van der Waals surface area contributed by atoms with Gasteiger partial charge in [-0.1, -0.05) is 24.6 Å². The molecular weight excluding hydrogens is 590 g/mol. The summed E-state index contributed by atoms with van der Waals surface area (Å²) < 4.78 is 5.77. The van der Waals surface area contributed by atoms with Gasteiger partial charge in [-0.15, -0.1) is 0 Å². The molecule has 4 N–H and O–H groups in total. The zero-order chi connectivity index (χ0) is 32.2. The number of hydrogen-bond donors (Lipinski definition) is 4. The Balaban J connectivity index is 1.10.